The van der Waals surface area contributed by atoms with Crippen LogP contribution in [0.15, 0.2) is 23.3 Å². The highest BCUT2D eigenvalue weighted by Crippen LogP contribution is 2.39. The van der Waals surface area contributed by atoms with Gasteiger partial charge in [0, 0.05) is 52.0 Å². The number of piperidine rings is 1. The summed E-state index contributed by atoms with van der Waals surface area (Å²) in [5.74, 6) is -7.69. The summed E-state index contributed by atoms with van der Waals surface area (Å²) in [7, 11) is 4.62. The van der Waals surface area contributed by atoms with Crippen molar-refractivity contribution in [2.75, 3.05) is 34.4 Å². The number of hydrogen-bond acceptors (Lipinski definition) is 13. The van der Waals surface area contributed by atoms with Gasteiger partial charge in [0.25, 0.3) is 11.7 Å². The number of fused-ring (bicyclic) bond motifs is 3. The van der Waals surface area contributed by atoms with Gasteiger partial charge < -0.3 is 49.6 Å². The maximum atomic E-state index is 14.3. The number of nitrogens with zero attached hydrogens (tertiary/aromatic N) is 1. The van der Waals surface area contributed by atoms with E-state index in [-0.39, 0.29) is 49.5 Å². The van der Waals surface area contributed by atoms with Gasteiger partial charge in [-0.2, -0.15) is 0 Å². The van der Waals surface area contributed by atoms with Gasteiger partial charge in [-0.1, -0.05) is 38.5 Å². The highest BCUT2D eigenvalue weighted by atomic mass is 16.7. The zero-order valence-corrected chi connectivity index (χ0v) is 36.1. The monoisotopic (exact) mass is 821 g/mol. The van der Waals surface area contributed by atoms with Crippen molar-refractivity contribution in [3.63, 3.8) is 0 Å². The number of Topliss-reactive ketones (excluding diaryl/α,β-unsaturated/α-hetero) is 2. The van der Waals surface area contributed by atoms with Crippen LogP contribution in [0.4, 0.5) is 0 Å². The van der Waals surface area contributed by atoms with E-state index in [1.807, 2.05) is 32.9 Å². The fraction of sp³-hybridized carbons (Fsp3) is 0.818. The van der Waals surface area contributed by atoms with Crippen molar-refractivity contribution in [3.8, 4) is 0 Å². The van der Waals surface area contributed by atoms with E-state index < -0.39 is 83.9 Å². The second kappa shape index (κ2) is 21.8. The molecule has 3 heterocycles. The molecule has 14 nitrogen and oxygen atoms in total. The average Bonchev–Trinajstić information content (AvgIpc) is 3.20. The number of ketones is 2. The molecule has 5 N–H and O–H groups in total. The molecule has 0 aromatic carbocycles. The van der Waals surface area contributed by atoms with E-state index in [1.165, 1.54) is 19.1 Å². The Bertz CT molecular complexity index is 1470. The Morgan fingerprint density at radius 2 is 1.60 bits per heavy atom. The maximum Gasteiger partial charge on any atom is 0.329 e. The first-order chi connectivity index (χ1) is 27.5. The van der Waals surface area contributed by atoms with Crippen LogP contribution in [0.1, 0.15) is 112 Å². The quantitative estimate of drug-likeness (QED) is 0.157. The van der Waals surface area contributed by atoms with Gasteiger partial charge in [-0.15, -0.1) is 0 Å². The zero-order chi connectivity index (χ0) is 42.9. The molecule has 2 unspecified atom stereocenters. The third-order valence-corrected chi connectivity index (χ3v) is 13.2. The summed E-state index contributed by atoms with van der Waals surface area (Å²) in [4.78, 5) is 58.0. The number of amides is 1. The van der Waals surface area contributed by atoms with Crippen LogP contribution < -0.4 is 5.73 Å². The summed E-state index contributed by atoms with van der Waals surface area (Å²) in [6, 6.07) is -1.14. The first kappa shape index (κ1) is 48.1. The van der Waals surface area contributed by atoms with Crippen molar-refractivity contribution >= 4 is 23.4 Å². The van der Waals surface area contributed by atoms with E-state index in [0.29, 0.717) is 69.9 Å². The molecule has 4 aliphatic rings. The first-order valence-electron chi connectivity index (χ1n) is 21.5. The van der Waals surface area contributed by atoms with Crippen LogP contribution in [-0.2, 0) is 42.9 Å². The minimum atomic E-state index is -2.51. The largest absolute Gasteiger partial charge is 0.456 e. The van der Waals surface area contributed by atoms with Crippen molar-refractivity contribution in [3.05, 3.63) is 23.3 Å². The van der Waals surface area contributed by atoms with Crippen LogP contribution in [0.2, 0.25) is 0 Å². The molecule has 58 heavy (non-hydrogen) atoms. The van der Waals surface area contributed by atoms with Crippen LogP contribution in [-0.4, -0.2) is 133 Å². The standard InChI is InChI=1S/C44H72N2O12/c1-25-18-26(2)20-37(55-7)40-38(56-8)22-28(4)44(53,58-40)41(50)42(51)46-17-10-9-13-32(46)43(52)57-39(27(3)21-30-14-15-33(47)36(23-30)54-6)29(5)34(48)24-35(49)31(19-25)12-11-16-45/h19,21,26,28-34,36-40,47-48,53H,9-18,20,22-24,45H2,1-8H3/b25-19-,27-21+/t26-,28-,29-,30?,31+,32-,33-,34+,36-,37-,38+,39-,40?,44-/m1/s1. The number of hydrogen-bond donors (Lipinski definition) is 4. The number of aliphatic hydroxyl groups is 3. The van der Waals surface area contributed by atoms with Crippen LogP contribution >= 0.6 is 0 Å². The predicted octanol–water partition coefficient (Wildman–Crippen LogP) is 3.80. The van der Waals surface area contributed by atoms with Crippen molar-refractivity contribution < 1.29 is 58.2 Å². The Morgan fingerprint density at radius 3 is 2.26 bits per heavy atom. The molecule has 14 atom stereocenters. The van der Waals surface area contributed by atoms with Crippen molar-refractivity contribution in [2.45, 2.75) is 166 Å². The number of carbonyl (C=O) groups excluding carboxylic acids is 4. The molecule has 14 heteroatoms. The molecule has 0 aromatic heterocycles. The summed E-state index contributed by atoms with van der Waals surface area (Å²) in [6.45, 7) is 9.69. The number of carbonyl (C=O) groups is 4. The second-order valence-corrected chi connectivity index (χ2v) is 17.7. The molecule has 330 valence electrons. The van der Waals surface area contributed by atoms with Gasteiger partial charge in [0.05, 0.1) is 30.5 Å². The fourth-order valence-corrected chi connectivity index (χ4v) is 9.63. The van der Waals surface area contributed by atoms with Gasteiger partial charge in [-0.3, -0.25) is 14.4 Å². The molecule has 3 aliphatic heterocycles. The molecule has 1 saturated carbocycles. The second-order valence-electron chi connectivity index (χ2n) is 17.7. The lowest BCUT2D eigenvalue weighted by atomic mass is 9.81. The first-order valence-corrected chi connectivity index (χ1v) is 21.5. The Kier molecular flexibility index (Phi) is 18.1. The van der Waals surface area contributed by atoms with Gasteiger partial charge >= 0.3 is 5.97 Å². The maximum absolute atomic E-state index is 14.3. The van der Waals surface area contributed by atoms with Gasteiger partial charge in [0.2, 0.25) is 5.79 Å². The molecular formula is C44H72N2O12. The van der Waals surface area contributed by atoms with E-state index in [9.17, 15) is 34.5 Å². The molecule has 2 saturated heterocycles. The van der Waals surface area contributed by atoms with Crippen LogP contribution in [0, 0.1) is 29.6 Å². The Balaban J connectivity index is 1.78. The van der Waals surface area contributed by atoms with Gasteiger partial charge in [0.15, 0.2) is 0 Å². The molecule has 1 aliphatic carbocycles. The average molecular weight is 821 g/mol. The third-order valence-electron chi connectivity index (χ3n) is 13.2. The van der Waals surface area contributed by atoms with E-state index in [2.05, 4.69) is 0 Å². The molecule has 2 bridgehead atoms. The number of aliphatic hydroxyl groups excluding tert-OH is 2. The fourth-order valence-electron chi connectivity index (χ4n) is 9.63. The number of esters is 1. The lowest BCUT2D eigenvalue weighted by Gasteiger charge is -2.47. The molecule has 0 spiro atoms. The Hall–Kier alpha value is -2.56. The van der Waals surface area contributed by atoms with Gasteiger partial charge in [0.1, 0.15) is 24.0 Å². The van der Waals surface area contributed by atoms with Gasteiger partial charge in [-0.05, 0) is 108 Å². The minimum absolute atomic E-state index is 0.0106. The number of allylic oxidation sites excluding steroid dienone is 3. The molecule has 3 fully saturated rings. The minimum Gasteiger partial charge on any atom is -0.456 e. The summed E-state index contributed by atoms with van der Waals surface area (Å²) in [5, 5.41) is 34.2. The number of methoxy groups -OCH3 is 3. The highest BCUT2D eigenvalue weighted by molar-refractivity contribution is 6.39. The van der Waals surface area contributed by atoms with Crippen LogP contribution in [0.25, 0.3) is 0 Å². The SMILES string of the molecule is CO[C@H]1C[C@@H](C)[C@@]2(O)OC1[C@H](OC)C[C@H](C)C/C(C)=C\[C@H](CCCN)C(=O)C[C@H](O)[C@@H](C)[C@@H](/C(C)=C/C1CC[C@@H](O)[C@H](OC)C1)OC(=O)[C@H]1CCCCN1C(=O)C2=O. The van der Waals surface area contributed by atoms with E-state index in [1.54, 1.807) is 21.0 Å². The Morgan fingerprint density at radius 1 is 0.931 bits per heavy atom. The highest BCUT2D eigenvalue weighted by Gasteiger charge is 2.56. The molecule has 4 rings (SSSR count). The summed E-state index contributed by atoms with van der Waals surface area (Å²) >= 11 is 0. The summed E-state index contributed by atoms with van der Waals surface area (Å²) < 4.78 is 29.8. The summed E-state index contributed by atoms with van der Waals surface area (Å²) in [6.07, 6.45) is 4.04. The number of rotatable bonds is 8. The molecular weight excluding hydrogens is 748 g/mol. The number of cyclic esters (lactones) is 1. The molecule has 1 amide bonds. The van der Waals surface area contributed by atoms with Crippen molar-refractivity contribution in [1.29, 1.82) is 0 Å². The Labute approximate surface area is 345 Å². The topological polar surface area (TPSA) is 204 Å². The smallest absolute Gasteiger partial charge is 0.329 e. The third kappa shape index (κ3) is 11.6. The molecule has 0 aromatic rings. The molecule has 0 radical (unpaired) electrons. The number of ether oxygens (including phenoxy) is 5. The van der Waals surface area contributed by atoms with Crippen molar-refractivity contribution in [2.24, 2.45) is 35.3 Å². The normalized spacial score (nSPS) is 40.6. The van der Waals surface area contributed by atoms with Gasteiger partial charge in [-0.25, -0.2) is 4.79 Å². The van der Waals surface area contributed by atoms with E-state index in [0.717, 1.165) is 5.57 Å². The number of nitrogens with two attached hydrogens (primary N) is 1. The van der Waals surface area contributed by atoms with Crippen LogP contribution in [0.3, 0.4) is 0 Å². The lowest BCUT2D eigenvalue weighted by molar-refractivity contribution is -0.302. The van der Waals surface area contributed by atoms with E-state index in [4.69, 9.17) is 29.4 Å². The van der Waals surface area contributed by atoms with Crippen LogP contribution in [0.5, 0.6) is 0 Å². The van der Waals surface area contributed by atoms with E-state index >= 15 is 0 Å². The van der Waals surface area contributed by atoms with Crippen molar-refractivity contribution in [1.82, 2.24) is 4.90 Å². The predicted molar refractivity (Wildman–Crippen MR) is 216 cm³/mol. The zero-order valence-electron chi connectivity index (χ0n) is 36.1. The summed E-state index contributed by atoms with van der Waals surface area (Å²) in [5.41, 5.74) is 7.51. The lowest BCUT2D eigenvalue weighted by Crippen LogP contribution is -2.64.